The van der Waals surface area contributed by atoms with Gasteiger partial charge in [0.1, 0.15) is 5.82 Å². The molecule has 0 radical (unpaired) electrons. The van der Waals surface area contributed by atoms with Gasteiger partial charge in [-0.25, -0.2) is 4.39 Å². The first kappa shape index (κ1) is 13.0. The Morgan fingerprint density at radius 2 is 2.31 bits per heavy atom. The Bertz CT molecular complexity index is 387. The van der Waals surface area contributed by atoms with E-state index in [0.717, 1.165) is 18.5 Å². The van der Waals surface area contributed by atoms with E-state index in [2.05, 4.69) is 11.4 Å². The number of nitriles is 1. The van der Waals surface area contributed by atoms with E-state index in [4.69, 9.17) is 16.9 Å². The van der Waals surface area contributed by atoms with Gasteiger partial charge in [-0.1, -0.05) is 17.7 Å². The largest absolute Gasteiger partial charge is 0.310 e. The van der Waals surface area contributed by atoms with Gasteiger partial charge in [0.25, 0.3) is 0 Å². The van der Waals surface area contributed by atoms with E-state index in [-0.39, 0.29) is 11.9 Å². The average Bonchev–Trinajstić information content (AvgIpc) is 2.24. The summed E-state index contributed by atoms with van der Waals surface area (Å²) in [5.74, 6) is -0.328. The van der Waals surface area contributed by atoms with Crippen LogP contribution in [0.15, 0.2) is 18.2 Å². The molecule has 86 valence electrons. The van der Waals surface area contributed by atoms with E-state index < -0.39 is 0 Å². The molecule has 0 aliphatic carbocycles. The summed E-state index contributed by atoms with van der Waals surface area (Å²) in [5, 5.41) is 12.0. The molecule has 0 saturated carbocycles. The van der Waals surface area contributed by atoms with Gasteiger partial charge < -0.3 is 5.32 Å². The number of halogens is 2. The highest BCUT2D eigenvalue weighted by molar-refractivity contribution is 6.31. The van der Waals surface area contributed by atoms with Gasteiger partial charge >= 0.3 is 0 Å². The fourth-order valence-corrected chi connectivity index (χ4v) is 1.78. The van der Waals surface area contributed by atoms with E-state index >= 15 is 0 Å². The predicted octanol–water partition coefficient (Wildman–Crippen LogP) is 3.43. The fourth-order valence-electron chi connectivity index (χ4n) is 1.45. The van der Waals surface area contributed by atoms with E-state index in [1.807, 2.05) is 6.92 Å². The first-order valence-corrected chi connectivity index (χ1v) is 5.58. The molecule has 2 nitrogen and oxygen atoms in total. The third-order valence-electron chi connectivity index (χ3n) is 2.34. The molecular formula is C12H14ClFN2. The van der Waals surface area contributed by atoms with Gasteiger partial charge in [0.15, 0.2) is 0 Å². The number of unbranched alkanes of at least 4 members (excludes halogenated alkanes) is 1. The van der Waals surface area contributed by atoms with E-state index in [1.54, 1.807) is 6.07 Å². The molecule has 0 aliphatic heterocycles. The van der Waals surface area contributed by atoms with E-state index in [9.17, 15) is 4.39 Å². The van der Waals surface area contributed by atoms with Crippen molar-refractivity contribution >= 4 is 11.6 Å². The van der Waals surface area contributed by atoms with Crippen molar-refractivity contribution in [3.05, 3.63) is 34.6 Å². The molecule has 0 saturated heterocycles. The van der Waals surface area contributed by atoms with Crippen molar-refractivity contribution in [2.45, 2.75) is 25.8 Å². The molecule has 1 atom stereocenters. The lowest BCUT2D eigenvalue weighted by molar-refractivity contribution is 0.559. The van der Waals surface area contributed by atoms with Crippen LogP contribution in [0.1, 0.15) is 31.4 Å². The standard InChI is InChI=1S/C12H14ClFN2/c1-9(16-7-3-2-6-15)11-5-4-10(14)8-12(11)13/h4-5,8-9,16H,2-3,7H2,1H3/t9-/m1/s1. The van der Waals surface area contributed by atoms with Crippen molar-refractivity contribution in [3.63, 3.8) is 0 Å². The second-order valence-corrected chi connectivity index (χ2v) is 4.01. The van der Waals surface area contributed by atoms with Crippen molar-refractivity contribution in [3.8, 4) is 6.07 Å². The van der Waals surface area contributed by atoms with Crippen LogP contribution in [0, 0.1) is 17.1 Å². The maximum Gasteiger partial charge on any atom is 0.124 e. The Morgan fingerprint density at radius 1 is 1.56 bits per heavy atom. The van der Waals surface area contributed by atoms with Crippen LogP contribution in [0.4, 0.5) is 4.39 Å². The van der Waals surface area contributed by atoms with Crippen molar-refractivity contribution in [2.24, 2.45) is 0 Å². The molecule has 0 fully saturated rings. The predicted molar refractivity (Wildman–Crippen MR) is 62.7 cm³/mol. The quantitative estimate of drug-likeness (QED) is 0.801. The minimum absolute atomic E-state index is 0.0618. The monoisotopic (exact) mass is 240 g/mol. The summed E-state index contributed by atoms with van der Waals surface area (Å²) in [6.07, 6.45) is 1.34. The number of rotatable bonds is 5. The van der Waals surface area contributed by atoms with Crippen LogP contribution in [0.2, 0.25) is 5.02 Å². The molecule has 1 N–H and O–H groups in total. The molecule has 0 aromatic heterocycles. The highest BCUT2D eigenvalue weighted by Crippen LogP contribution is 2.23. The summed E-state index contributed by atoms with van der Waals surface area (Å²) in [6, 6.07) is 6.53. The Balaban J connectivity index is 2.53. The zero-order chi connectivity index (χ0) is 12.0. The van der Waals surface area contributed by atoms with Gasteiger partial charge in [0, 0.05) is 17.5 Å². The molecule has 0 unspecified atom stereocenters. The Kier molecular flexibility index (Phi) is 5.24. The van der Waals surface area contributed by atoms with Gasteiger partial charge in [-0.05, 0) is 37.6 Å². The van der Waals surface area contributed by atoms with Crippen LogP contribution < -0.4 is 5.32 Å². The van der Waals surface area contributed by atoms with Crippen LogP contribution in [-0.2, 0) is 0 Å². The zero-order valence-electron chi connectivity index (χ0n) is 9.13. The minimum Gasteiger partial charge on any atom is -0.310 e. The van der Waals surface area contributed by atoms with Crippen molar-refractivity contribution in [1.29, 1.82) is 5.26 Å². The summed E-state index contributed by atoms with van der Waals surface area (Å²) in [7, 11) is 0. The molecule has 0 bridgehead atoms. The van der Waals surface area contributed by atoms with Gasteiger partial charge in [-0.15, -0.1) is 0 Å². The van der Waals surface area contributed by atoms with Crippen LogP contribution in [0.25, 0.3) is 0 Å². The van der Waals surface area contributed by atoms with Crippen LogP contribution in [0.5, 0.6) is 0 Å². The third-order valence-corrected chi connectivity index (χ3v) is 2.67. The molecule has 0 aliphatic rings. The molecule has 16 heavy (non-hydrogen) atoms. The number of benzene rings is 1. The highest BCUT2D eigenvalue weighted by atomic mass is 35.5. The minimum atomic E-state index is -0.328. The summed E-state index contributed by atoms with van der Waals surface area (Å²) >= 11 is 5.93. The fraction of sp³-hybridized carbons (Fsp3) is 0.417. The SMILES string of the molecule is C[C@@H](NCCCC#N)c1ccc(F)cc1Cl. The van der Waals surface area contributed by atoms with Crippen LogP contribution in [-0.4, -0.2) is 6.54 Å². The molecule has 1 aromatic carbocycles. The second-order valence-electron chi connectivity index (χ2n) is 3.60. The van der Waals surface area contributed by atoms with Crippen molar-refractivity contribution < 1.29 is 4.39 Å². The first-order chi connectivity index (χ1) is 7.65. The van der Waals surface area contributed by atoms with Gasteiger partial charge in [-0.2, -0.15) is 5.26 Å². The molecule has 0 heterocycles. The summed E-state index contributed by atoms with van der Waals surface area (Å²) in [5.41, 5.74) is 0.875. The summed E-state index contributed by atoms with van der Waals surface area (Å²) in [4.78, 5) is 0. The number of nitrogens with one attached hydrogen (secondary N) is 1. The molecule has 0 amide bonds. The number of hydrogen-bond acceptors (Lipinski definition) is 2. The highest BCUT2D eigenvalue weighted by Gasteiger charge is 2.09. The molecule has 1 rings (SSSR count). The maximum atomic E-state index is 12.8. The van der Waals surface area contributed by atoms with Crippen molar-refractivity contribution in [2.75, 3.05) is 6.54 Å². The smallest absolute Gasteiger partial charge is 0.124 e. The van der Waals surface area contributed by atoms with E-state index in [1.165, 1.54) is 12.1 Å². The zero-order valence-corrected chi connectivity index (χ0v) is 9.89. The lowest BCUT2D eigenvalue weighted by Gasteiger charge is -2.15. The Hall–Kier alpha value is -1.11. The number of nitrogens with zero attached hydrogens (tertiary/aromatic N) is 1. The average molecular weight is 241 g/mol. The number of hydrogen-bond donors (Lipinski definition) is 1. The molecule has 4 heteroatoms. The van der Waals surface area contributed by atoms with Gasteiger partial charge in [0.05, 0.1) is 6.07 Å². The molecular weight excluding hydrogens is 227 g/mol. The normalized spacial score (nSPS) is 12.1. The first-order valence-electron chi connectivity index (χ1n) is 5.20. The molecule has 0 spiro atoms. The molecule has 1 aromatic rings. The summed E-state index contributed by atoms with van der Waals surface area (Å²) in [6.45, 7) is 2.72. The van der Waals surface area contributed by atoms with Gasteiger partial charge in [0.2, 0.25) is 0 Å². The Morgan fingerprint density at radius 3 is 2.94 bits per heavy atom. The lowest BCUT2D eigenvalue weighted by Crippen LogP contribution is -2.20. The van der Waals surface area contributed by atoms with Crippen LogP contribution in [0.3, 0.4) is 0 Å². The maximum absolute atomic E-state index is 12.8. The summed E-state index contributed by atoms with van der Waals surface area (Å²) < 4.78 is 12.8. The second kappa shape index (κ2) is 6.47. The third kappa shape index (κ3) is 3.80. The van der Waals surface area contributed by atoms with Crippen molar-refractivity contribution in [1.82, 2.24) is 5.32 Å². The topological polar surface area (TPSA) is 35.8 Å². The van der Waals surface area contributed by atoms with Gasteiger partial charge in [-0.3, -0.25) is 0 Å². The van der Waals surface area contributed by atoms with Crippen LogP contribution >= 0.6 is 11.6 Å². The Labute approximate surface area is 100 Å². The van der Waals surface area contributed by atoms with E-state index in [0.29, 0.717) is 11.4 Å². The lowest BCUT2D eigenvalue weighted by atomic mass is 10.1.